The van der Waals surface area contributed by atoms with Crippen LogP contribution in [0.15, 0.2) is 60.7 Å². The molecule has 0 saturated heterocycles. The zero-order valence-electron chi connectivity index (χ0n) is 13.7. The first-order valence-electron chi connectivity index (χ1n) is 8.00. The number of thiocarbonyl (C=S) groups is 1. The predicted octanol–water partition coefficient (Wildman–Crippen LogP) is 2.61. The molecule has 128 valence electrons. The van der Waals surface area contributed by atoms with E-state index >= 15 is 0 Å². The Bertz CT molecular complexity index is 728. The van der Waals surface area contributed by atoms with Gasteiger partial charge in [0, 0.05) is 18.7 Å². The molecule has 0 saturated carbocycles. The molecule has 5 nitrogen and oxygen atoms in total. The lowest BCUT2D eigenvalue weighted by atomic mass is 10.1. The number of rotatable bonds is 7. The summed E-state index contributed by atoms with van der Waals surface area (Å²) >= 11 is 5.33. The van der Waals surface area contributed by atoms with Crippen molar-refractivity contribution in [2.24, 2.45) is 0 Å². The Morgan fingerprint density at radius 2 is 1.72 bits per heavy atom. The summed E-state index contributed by atoms with van der Waals surface area (Å²) in [5.74, 6) is -0.184. The highest BCUT2D eigenvalue weighted by atomic mass is 32.1. The average molecular weight is 352 g/mol. The lowest BCUT2D eigenvalue weighted by Gasteiger charge is -2.20. The van der Waals surface area contributed by atoms with Crippen molar-refractivity contribution in [3.63, 3.8) is 0 Å². The zero-order valence-corrected chi connectivity index (χ0v) is 14.6. The van der Waals surface area contributed by atoms with Gasteiger partial charge < -0.3 is 16.0 Å². The molecule has 0 aliphatic rings. The van der Waals surface area contributed by atoms with E-state index in [1.165, 1.54) is 0 Å². The van der Waals surface area contributed by atoms with Crippen molar-refractivity contribution >= 4 is 28.9 Å². The highest BCUT2D eigenvalue weighted by Gasteiger charge is 2.19. The second-order valence-corrected chi connectivity index (χ2v) is 5.81. The fourth-order valence-electron chi connectivity index (χ4n) is 2.27. The minimum Gasteiger partial charge on any atom is -0.353 e. The van der Waals surface area contributed by atoms with Gasteiger partial charge in [-0.05, 0) is 29.9 Å². The minimum atomic E-state index is -0.523. The first-order chi connectivity index (χ1) is 12.2. The number of nitrogens with zero attached hydrogens (tertiary/aromatic N) is 1. The third kappa shape index (κ3) is 6.61. The number of hydrogen-bond acceptors (Lipinski definition) is 3. The summed E-state index contributed by atoms with van der Waals surface area (Å²) in [7, 11) is 0. The van der Waals surface area contributed by atoms with E-state index < -0.39 is 6.04 Å². The van der Waals surface area contributed by atoms with Crippen LogP contribution in [0.1, 0.15) is 12.0 Å². The second-order valence-electron chi connectivity index (χ2n) is 5.41. The SMILES string of the molecule is N#CCCNC(=O)C(Cc1ccccc1)NC(=S)Nc1ccccc1. The zero-order chi connectivity index (χ0) is 17.9. The fraction of sp³-hybridized carbons (Fsp3) is 0.211. The number of amides is 1. The van der Waals surface area contributed by atoms with Gasteiger partial charge in [-0.15, -0.1) is 0 Å². The molecule has 2 rings (SSSR count). The Morgan fingerprint density at radius 3 is 2.36 bits per heavy atom. The molecular formula is C19H20N4OS. The van der Waals surface area contributed by atoms with E-state index in [2.05, 4.69) is 16.0 Å². The van der Waals surface area contributed by atoms with Gasteiger partial charge in [0.1, 0.15) is 6.04 Å². The lowest BCUT2D eigenvalue weighted by Crippen LogP contribution is -2.49. The number of hydrogen-bond donors (Lipinski definition) is 3. The summed E-state index contributed by atoms with van der Waals surface area (Å²) < 4.78 is 0. The Kier molecular flexibility index (Phi) is 7.41. The molecule has 1 atom stereocenters. The van der Waals surface area contributed by atoms with Gasteiger partial charge in [-0.3, -0.25) is 4.79 Å². The maximum Gasteiger partial charge on any atom is 0.242 e. The molecule has 1 amide bonds. The summed E-state index contributed by atoms with van der Waals surface area (Å²) in [4.78, 5) is 12.4. The van der Waals surface area contributed by atoms with Crippen LogP contribution in [-0.2, 0) is 11.2 Å². The fourth-order valence-corrected chi connectivity index (χ4v) is 2.53. The third-order valence-corrected chi connectivity index (χ3v) is 3.69. The number of carbonyl (C=O) groups excluding carboxylic acids is 1. The Labute approximate surface area is 153 Å². The van der Waals surface area contributed by atoms with Gasteiger partial charge in [0.25, 0.3) is 0 Å². The van der Waals surface area contributed by atoms with Crippen molar-refractivity contribution in [2.45, 2.75) is 18.9 Å². The van der Waals surface area contributed by atoms with Crippen molar-refractivity contribution in [2.75, 3.05) is 11.9 Å². The number of benzene rings is 2. The Hall–Kier alpha value is -2.91. The van der Waals surface area contributed by atoms with E-state index in [-0.39, 0.29) is 12.3 Å². The summed E-state index contributed by atoms with van der Waals surface area (Å²) in [6.07, 6.45) is 0.770. The molecule has 0 aliphatic heterocycles. The molecule has 2 aromatic rings. The van der Waals surface area contributed by atoms with Crippen LogP contribution in [0.3, 0.4) is 0 Å². The molecule has 3 N–H and O–H groups in total. The van der Waals surface area contributed by atoms with Crippen LogP contribution >= 0.6 is 12.2 Å². The van der Waals surface area contributed by atoms with Crippen LogP contribution in [0.4, 0.5) is 5.69 Å². The van der Waals surface area contributed by atoms with Gasteiger partial charge in [-0.1, -0.05) is 48.5 Å². The molecule has 6 heteroatoms. The first-order valence-corrected chi connectivity index (χ1v) is 8.41. The third-order valence-electron chi connectivity index (χ3n) is 3.47. The van der Waals surface area contributed by atoms with E-state index in [0.717, 1.165) is 11.3 Å². The number of nitriles is 1. The molecule has 0 fully saturated rings. The molecule has 0 aromatic heterocycles. The minimum absolute atomic E-state index is 0.184. The van der Waals surface area contributed by atoms with E-state index in [1.54, 1.807) is 0 Å². The quantitative estimate of drug-likeness (QED) is 0.527. The predicted molar refractivity (Wildman–Crippen MR) is 103 cm³/mol. The van der Waals surface area contributed by atoms with Crippen molar-refractivity contribution in [1.29, 1.82) is 5.26 Å². The maximum atomic E-state index is 12.4. The molecule has 25 heavy (non-hydrogen) atoms. The van der Waals surface area contributed by atoms with Crippen LogP contribution in [-0.4, -0.2) is 23.6 Å². The number of nitrogens with one attached hydrogen (secondary N) is 3. The van der Waals surface area contributed by atoms with Gasteiger partial charge in [0.05, 0.1) is 12.5 Å². The Balaban J connectivity index is 2.01. The summed E-state index contributed by atoms with van der Waals surface area (Å²) in [5, 5.41) is 17.9. The summed E-state index contributed by atoms with van der Waals surface area (Å²) in [6, 6.07) is 20.7. The van der Waals surface area contributed by atoms with Crippen LogP contribution in [0, 0.1) is 11.3 Å². The van der Waals surface area contributed by atoms with Crippen LogP contribution in [0.5, 0.6) is 0 Å². The van der Waals surface area contributed by atoms with E-state index in [1.807, 2.05) is 66.7 Å². The first kappa shape index (κ1) is 18.4. The van der Waals surface area contributed by atoms with Crippen molar-refractivity contribution in [3.8, 4) is 6.07 Å². The monoisotopic (exact) mass is 352 g/mol. The van der Waals surface area contributed by atoms with Crippen LogP contribution in [0.25, 0.3) is 0 Å². The van der Waals surface area contributed by atoms with Crippen molar-refractivity contribution in [3.05, 3.63) is 66.2 Å². The maximum absolute atomic E-state index is 12.4. The van der Waals surface area contributed by atoms with E-state index in [0.29, 0.717) is 18.1 Å². The lowest BCUT2D eigenvalue weighted by molar-refractivity contribution is -0.122. The van der Waals surface area contributed by atoms with Gasteiger partial charge in [-0.25, -0.2) is 0 Å². The van der Waals surface area contributed by atoms with Gasteiger partial charge in [0.2, 0.25) is 5.91 Å². The van der Waals surface area contributed by atoms with Gasteiger partial charge in [-0.2, -0.15) is 5.26 Å². The van der Waals surface area contributed by atoms with Gasteiger partial charge in [0.15, 0.2) is 5.11 Å². The average Bonchev–Trinajstić information content (AvgIpc) is 2.63. The number of para-hydroxylation sites is 1. The highest BCUT2D eigenvalue weighted by Crippen LogP contribution is 2.07. The highest BCUT2D eigenvalue weighted by molar-refractivity contribution is 7.80. The molecule has 0 spiro atoms. The van der Waals surface area contributed by atoms with Crippen molar-refractivity contribution in [1.82, 2.24) is 10.6 Å². The normalized spacial score (nSPS) is 11.0. The summed E-state index contributed by atoms with van der Waals surface area (Å²) in [6.45, 7) is 0.321. The standard InChI is InChI=1S/C19H20N4OS/c20-12-7-13-21-18(24)17(14-15-8-3-1-4-9-15)23-19(25)22-16-10-5-2-6-11-16/h1-6,8-11,17H,7,13-14H2,(H,21,24)(H2,22,23,25). The topological polar surface area (TPSA) is 77.0 Å². The molecule has 0 heterocycles. The Morgan fingerprint density at radius 1 is 1.08 bits per heavy atom. The summed E-state index contributed by atoms with van der Waals surface area (Å²) in [5.41, 5.74) is 1.88. The smallest absolute Gasteiger partial charge is 0.242 e. The molecule has 2 aromatic carbocycles. The van der Waals surface area contributed by atoms with Crippen LogP contribution in [0.2, 0.25) is 0 Å². The number of anilines is 1. The molecule has 1 unspecified atom stereocenters. The second kappa shape index (κ2) is 10.1. The van der Waals surface area contributed by atoms with E-state index in [4.69, 9.17) is 17.5 Å². The molecular weight excluding hydrogens is 332 g/mol. The van der Waals surface area contributed by atoms with Crippen molar-refractivity contribution < 1.29 is 4.79 Å². The molecule has 0 radical (unpaired) electrons. The number of carbonyl (C=O) groups is 1. The largest absolute Gasteiger partial charge is 0.353 e. The van der Waals surface area contributed by atoms with E-state index in [9.17, 15) is 4.79 Å². The molecule has 0 bridgehead atoms. The van der Waals surface area contributed by atoms with Gasteiger partial charge >= 0.3 is 0 Å². The van der Waals surface area contributed by atoms with Crippen LogP contribution < -0.4 is 16.0 Å². The molecule has 0 aliphatic carbocycles.